The minimum absolute atomic E-state index is 0.0906. The molecule has 1 unspecified atom stereocenters. The van der Waals surface area contributed by atoms with Gasteiger partial charge in [0.2, 0.25) is 0 Å². The number of anilines is 3. The molecular formula is C36H31F6N3S2. The van der Waals surface area contributed by atoms with Crippen molar-refractivity contribution < 1.29 is 26.3 Å². The highest BCUT2D eigenvalue weighted by atomic mass is 32.2. The second kappa shape index (κ2) is 11.9. The first-order chi connectivity index (χ1) is 22.0. The molecule has 0 saturated heterocycles. The normalized spacial score (nSPS) is 17.1. The highest BCUT2D eigenvalue weighted by Crippen LogP contribution is 2.54. The second-order valence-electron chi connectivity index (χ2n) is 12.1. The number of thiocarbonyl (C=S) groups is 1. The van der Waals surface area contributed by atoms with E-state index < -0.39 is 29.2 Å². The molecule has 1 heterocycles. The first-order valence-corrected chi connectivity index (χ1v) is 16.2. The first kappa shape index (κ1) is 33.0. The lowest BCUT2D eigenvalue weighted by Gasteiger charge is -2.31. The molecule has 1 atom stereocenters. The Labute approximate surface area is 279 Å². The second-order valence-corrected chi connectivity index (χ2v) is 13.6. The number of halogens is 6. The maximum absolute atomic E-state index is 13.5. The lowest BCUT2D eigenvalue weighted by molar-refractivity contribution is -0.143. The number of benzene rings is 4. The van der Waals surface area contributed by atoms with E-state index in [0.29, 0.717) is 17.8 Å². The van der Waals surface area contributed by atoms with Gasteiger partial charge in [0, 0.05) is 41.8 Å². The molecule has 3 nitrogen and oxygen atoms in total. The van der Waals surface area contributed by atoms with Crippen LogP contribution in [0, 0.1) is 19.8 Å². The molecule has 0 radical (unpaired) electrons. The Balaban J connectivity index is 1.46. The van der Waals surface area contributed by atoms with E-state index in [2.05, 4.69) is 52.8 Å². The van der Waals surface area contributed by atoms with Gasteiger partial charge in [-0.15, -0.1) is 11.8 Å². The lowest BCUT2D eigenvalue weighted by atomic mass is 9.83. The monoisotopic (exact) mass is 683 g/mol. The summed E-state index contributed by atoms with van der Waals surface area (Å²) in [6.07, 6.45) is -9.94. The predicted molar refractivity (Wildman–Crippen MR) is 184 cm³/mol. The number of nitrogens with zero attached hydrogens (tertiary/aromatic N) is 1. The third kappa shape index (κ3) is 6.11. The standard InChI is InChI=1S/C36H31F6N3S2/c1-18-12-29(44-34(46)43-23-14-21(35(37,38)39)13-22(15-23)36(40,41)42)20(3)31-30(19(2)17-47-33(18)31)32-27-9-7-6-8-25(27)26-11-10-24(45(4)5)16-28(26)32/h6-16,19H,17H2,1-5H3,(H2,43,44,46)/b32-30-. The Kier molecular flexibility index (Phi) is 8.37. The zero-order valence-corrected chi connectivity index (χ0v) is 27.8. The van der Waals surface area contributed by atoms with Crippen LogP contribution < -0.4 is 15.5 Å². The van der Waals surface area contributed by atoms with Gasteiger partial charge in [-0.2, -0.15) is 26.3 Å². The van der Waals surface area contributed by atoms with Gasteiger partial charge in [0.15, 0.2) is 5.11 Å². The molecule has 0 fully saturated rings. The third-order valence-electron chi connectivity index (χ3n) is 8.60. The minimum atomic E-state index is -4.97. The quantitative estimate of drug-likeness (QED) is 0.146. The van der Waals surface area contributed by atoms with Crippen LogP contribution in [0.1, 0.15) is 45.9 Å². The molecule has 2 N–H and O–H groups in total. The van der Waals surface area contributed by atoms with Crippen LogP contribution in [0.5, 0.6) is 0 Å². The fourth-order valence-electron chi connectivity index (χ4n) is 6.38. The van der Waals surface area contributed by atoms with Crippen LogP contribution in [-0.4, -0.2) is 25.0 Å². The summed E-state index contributed by atoms with van der Waals surface area (Å²) in [5.41, 5.74) is 8.34. The fraction of sp³-hybridized carbons (Fsp3) is 0.250. The fourth-order valence-corrected chi connectivity index (χ4v) is 7.88. The summed E-state index contributed by atoms with van der Waals surface area (Å²) < 4.78 is 80.8. The molecular weight excluding hydrogens is 653 g/mol. The van der Waals surface area contributed by atoms with E-state index in [9.17, 15) is 26.3 Å². The zero-order chi connectivity index (χ0) is 34.0. The van der Waals surface area contributed by atoms with Gasteiger partial charge in [0.05, 0.1) is 11.1 Å². The summed E-state index contributed by atoms with van der Waals surface area (Å²) in [5.74, 6) is 1.05. The van der Waals surface area contributed by atoms with Crippen molar-refractivity contribution in [1.29, 1.82) is 0 Å². The summed E-state index contributed by atoms with van der Waals surface area (Å²) in [4.78, 5) is 3.21. The number of thioether (sulfide) groups is 1. The largest absolute Gasteiger partial charge is 0.416 e. The van der Waals surface area contributed by atoms with Gasteiger partial charge in [-0.05, 0) is 118 Å². The molecule has 0 spiro atoms. The Bertz CT molecular complexity index is 1930. The van der Waals surface area contributed by atoms with Crippen LogP contribution >= 0.6 is 24.0 Å². The molecule has 0 aromatic heterocycles. The van der Waals surface area contributed by atoms with Gasteiger partial charge in [-0.1, -0.05) is 37.3 Å². The molecule has 4 aromatic rings. The highest BCUT2D eigenvalue weighted by Gasteiger charge is 2.37. The number of hydrogen-bond acceptors (Lipinski definition) is 3. The molecule has 47 heavy (non-hydrogen) atoms. The molecule has 2 aliphatic rings. The van der Waals surface area contributed by atoms with Crippen LogP contribution in [0.25, 0.3) is 22.3 Å². The first-order valence-electron chi connectivity index (χ1n) is 14.8. The van der Waals surface area contributed by atoms with Gasteiger partial charge in [0.1, 0.15) is 0 Å². The van der Waals surface area contributed by atoms with Gasteiger partial charge in [0.25, 0.3) is 0 Å². The molecule has 0 amide bonds. The molecule has 1 aliphatic heterocycles. The van der Waals surface area contributed by atoms with E-state index in [0.717, 1.165) is 60.9 Å². The van der Waals surface area contributed by atoms with E-state index in [1.807, 2.05) is 46.1 Å². The van der Waals surface area contributed by atoms with Gasteiger partial charge in [-0.3, -0.25) is 0 Å². The van der Waals surface area contributed by atoms with Crippen molar-refractivity contribution in [3.8, 4) is 11.1 Å². The average Bonchev–Trinajstić information content (AvgIpc) is 3.31. The minimum Gasteiger partial charge on any atom is -0.378 e. The molecule has 11 heteroatoms. The summed E-state index contributed by atoms with van der Waals surface area (Å²) in [5, 5.41) is 5.51. The smallest absolute Gasteiger partial charge is 0.378 e. The topological polar surface area (TPSA) is 27.3 Å². The maximum atomic E-state index is 13.5. The van der Waals surface area contributed by atoms with Crippen molar-refractivity contribution in [2.45, 2.75) is 38.0 Å². The number of nitrogens with one attached hydrogen (secondary N) is 2. The Morgan fingerprint density at radius 2 is 1.43 bits per heavy atom. The van der Waals surface area contributed by atoms with Crippen molar-refractivity contribution in [2.24, 2.45) is 5.92 Å². The van der Waals surface area contributed by atoms with Gasteiger partial charge >= 0.3 is 12.4 Å². The van der Waals surface area contributed by atoms with Gasteiger partial charge < -0.3 is 15.5 Å². The predicted octanol–water partition coefficient (Wildman–Crippen LogP) is 10.9. The number of hydrogen-bond donors (Lipinski definition) is 2. The van der Waals surface area contributed by atoms with Crippen LogP contribution in [0.4, 0.5) is 43.4 Å². The van der Waals surface area contributed by atoms with Crippen molar-refractivity contribution >= 4 is 57.3 Å². The van der Waals surface area contributed by atoms with E-state index >= 15 is 0 Å². The third-order valence-corrected chi connectivity index (χ3v) is 10.3. The van der Waals surface area contributed by atoms with E-state index in [4.69, 9.17) is 12.2 Å². The average molecular weight is 684 g/mol. The number of rotatable bonds is 3. The summed E-state index contributed by atoms with van der Waals surface area (Å²) in [6, 6.07) is 18.1. The number of allylic oxidation sites excluding steroid dienone is 1. The van der Waals surface area contributed by atoms with E-state index in [1.165, 1.54) is 5.57 Å². The highest BCUT2D eigenvalue weighted by molar-refractivity contribution is 7.99. The Morgan fingerprint density at radius 3 is 2.04 bits per heavy atom. The molecule has 0 saturated carbocycles. The number of alkyl halides is 6. The van der Waals surface area contributed by atoms with Crippen LogP contribution in [0.15, 0.2) is 71.6 Å². The maximum Gasteiger partial charge on any atom is 0.416 e. The van der Waals surface area contributed by atoms with Crippen molar-refractivity contribution in [3.63, 3.8) is 0 Å². The van der Waals surface area contributed by atoms with Crippen molar-refractivity contribution in [2.75, 3.05) is 35.4 Å². The summed E-state index contributed by atoms with van der Waals surface area (Å²) in [6.45, 7) is 6.17. The zero-order valence-electron chi connectivity index (χ0n) is 26.2. The SMILES string of the molecule is Cc1cc(NC(=S)Nc2cc(C(F)(F)F)cc(C(F)(F)F)c2)c(C)c2c1SCC(C)/C2=C1\c2ccccc2-c2ccc(N(C)C)cc21. The van der Waals surface area contributed by atoms with Crippen molar-refractivity contribution in [1.82, 2.24) is 0 Å². The van der Waals surface area contributed by atoms with E-state index in [1.54, 1.807) is 11.8 Å². The molecule has 244 valence electrons. The van der Waals surface area contributed by atoms with E-state index in [-0.39, 0.29) is 17.1 Å². The summed E-state index contributed by atoms with van der Waals surface area (Å²) >= 11 is 7.22. The molecule has 6 rings (SSSR count). The molecule has 1 aliphatic carbocycles. The van der Waals surface area contributed by atoms with Crippen LogP contribution in [-0.2, 0) is 12.4 Å². The number of aryl methyl sites for hydroxylation is 1. The number of fused-ring (bicyclic) bond motifs is 4. The van der Waals surface area contributed by atoms with Crippen LogP contribution in [0.2, 0.25) is 0 Å². The van der Waals surface area contributed by atoms with Crippen molar-refractivity contribution in [3.05, 3.63) is 106 Å². The molecule has 4 aromatic carbocycles. The Morgan fingerprint density at radius 1 is 0.809 bits per heavy atom. The Hall–Kier alpha value is -3.96. The van der Waals surface area contributed by atoms with Crippen LogP contribution in [0.3, 0.4) is 0 Å². The summed E-state index contributed by atoms with van der Waals surface area (Å²) in [7, 11) is 4.02. The molecule has 0 bridgehead atoms. The lowest BCUT2D eigenvalue weighted by Crippen LogP contribution is -2.22. The van der Waals surface area contributed by atoms with Gasteiger partial charge in [-0.25, -0.2) is 0 Å².